The van der Waals surface area contributed by atoms with Crippen molar-refractivity contribution in [3.05, 3.63) is 70.9 Å². The first kappa shape index (κ1) is 20.7. The number of anilines is 1. The van der Waals surface area contributed by atoms with Gasteiger partial charge >= 0.3 is 0 Å². The van der Waals surface area contributed by atoms with Crippen molar-refractivity contribution in [1.29, 1.82) is 0 Å². The summed E-state index contributed by atoms with van der Waals surface area (Å²) in [6.07, 6.45) is 0. The number of carbonyl (C=O) groups excluding carboxylic acids is 1. The number of hydrogen-bond donors (Lipinski definition) is 2. The van der Waals surface area contributed by atoms with Gasteiger partial charge in [-0.2, -0.15) is 0 Å². The minimum absolute atomic E-state index is 0.359. The standard InChI is InChI=1S/C21H21F2N3O2S/c1-4-26-12(2)18(20(27)24-16-7-5-6-8-17(16)28-3)19(25-21(26)29)13-9-10-14(22)15(23)11-13/h5-11,19H,4H2,1-3H3,(H,24,27)(H,25,29)/t19-/m0/s1. The monoisotopic (exact) mass is 417 g/mol. The van der Waals surface area contributed by atoms with Crippen LogP contribution in [-0.4, -0.2) is 29.6 Å². The van der Waals surface area contributed by atoms with Gasteiger partial charge in [0.1, 0.15) is 5.75 Å². The van der Waals surface area contributed by atoms with Crippen molar-refractivity contribution >= 4 is 28.9 Å². The van der Waals surface area contributed by atoms with Crippen LogP contribution in [0.2, 0.25) is 0 Å². The predicted octanol–water partition coefficient (Wildman–Crippen LogP) is 4.14. The van der Waals surface area contributed by atoms with Crippen LogP contribution in [0, 0.1) is 11.6 Å². The molecule has 0 aromatic heterocycles. The highest BCUT2D eigenvalue weighted by molar-refractivity contribution is 7.80. The van der Waals surface area contributed by atoms with Crippen LogP contribution in [0.4, 0.5) is 14.5 Å². The molecule has 29 heavy (non-hydrogen) atoms. The smallest absolute Gasteiger partial charge is 0.255 e. The number of nitrogens with zero attached hydrogens (tertiary/aromatic N) is 1. The van der Waals surface area contributed by atoms with Crippen LogP contribution < -0.4 is 15.4 Å². The zero-order valence-electron chi connectivity index (χ0n) is 16.3. The Kier molecular flexibility index (Phi) is 6.12. The van der Waals surface area contributed by atoms with Crippen molar-refractivity contribution < 1.29 is 18.3 Å². The molecule has 5 nitrogen and oxygen atoms in total. The molecule has 1 amide bonds. The molecule has 0 bridgehead atoms. The van der Waals surface area contributed by atoms with Crippen molar-refractivity contribution in [1.82, 2.24) is 10.2 Å². The van der Waals surface area contributed by atoms with Gasteiger partial charge in [0.2, 0.25) is 0 Å². The molecule has 1 aliphatic heterocycles. The van der Waals surface area contributed by atoms with E-state index in [-0.39, 0.29) is 0 Å². The maximum atomic E-state index is 13.9. The molecule has 152 valence electrons. The fourth-order valence-electron chi connectivity index (χ4n) is 3.34. The molecule has 1 aliphatic rings. The van der Waals surface area contributed by atoms with Crippen molar-refractivity contribution in [2.45, 2.75) is 19.9 Å². The second-order valence-electron chi connectivity index (χ2n) is 6.45. The lowest BCUT2D eigenvalue weighted by molar-refractivity contribution is -0.113. The Labute approximate surface area is 173 Å². The topological polar surface area (TPSA) is 53.6 Å². The average molecular weight is 417 g/mol. The first-order chi connectivity index (χ1) is 13.9. The van der Waals surface area contributed by atoms with E-state index in [2.05, 4.69) is 10.6 Å². The lowest BCUT2D eigenvalue weighted by Gasteiger charge is -2.37. The first-order valence-electron chi connectivity index (χ1n) is 9.05. The minimum atomic E-state index is -0.990. The molecule has 1 atom stereocenters. The molecule has 2 aromatic rings. The lowest BCUT2D eigenvalue weighted by atomic mass is 9.94. The van der Waals surface area contributed by atoms with Crippen molar-refractivity contribution in [3.8, 4) is 5.75 Å². The van der Waals surface area contributed by atoms with Gasteiger partial charge in [0.25, 0.3) is 5.91 Å². The summed E-state index contributed by atoms with van der Waals surface area (Å²) in [5.74, 6) is -1.83. The Balaban J connectivity index is 2.05. The summed E-state index contributed by atoms with van der Waals surface area (Å²) in [6, 6.07) is 9.84. The zero-order chi connectivity index (χ0) is 21.1. The highest BCUT2D eigenvalue weighted by Crippen LogP contribution is 2.33. The molecule has 0 saturated carbocycles. The van der Waals surface area contributed by atoms with Crippen LogP contribution in [0.25, 0.3) is 0 Å². The Morgan fingerprint density at radius 1 is 1.24 bits per heavy atom. The van der Waals surface area contributed by atoms with Crippen LogP contribution in [0.5, 0.6) is 5.75 Å². The number of thiocarbonyl (C=S) groups is 1. The van der Waals surface area contributed by atoms with Gasteiger partial charge in [-0.3, -0.25) is 4.79 Å². The van der Waals surface area contributed by atoms with Gasteiger partial charge < -0.3 is 20.3 Å². The Hall–Kier alpha value is -3.00. The Morgan fingerprint density at radius 2 is 1.97 bits per heavy atom. The summed E-state index contributed by atoms with van der Waals surface area (Å²) in [4.78, 5) is 15.0. The third kappa shape index (κ3) is 4.07. The molecule has 1 heterocycles. The summed E-state index contributed by atoms with van der Waals surface area (Å²) < 4.78 is 32.6. The van der Waals surface area contributed by atoms with Crippen LogP contribution in [0.15, 0.2) is 53.7 Å². The summed E-state index contributed by atoms with van der Waals surface area (Å²) in [5, 5.41) is 6.33. The van der Waals surface area contributed by atoms with Gasteiger partial charge in [-0.15, -0.1) is 0 Å². The Bertz CT molecular complexity index is 994. The summed E-state index contributed by atoms with van der Waals surface area (Å²) in [7, 11) is 1.51. The van der Waals surface area contributed by atoms with Gasteiger partial charge in [0.05, 0.1) is 24.4 Å². The van der Waals surface area contributed by atoms with Gasteiger partial charge in [0.15, 0.2) is 16.7 Å². The first-order valence-corrected chi connectivity index (χ1v) is 9.46. The van der Waals surface area contributed by atoms with E-state index in [9.17, 15) is 13.6 Å². The number of rotatable bonds is 5. The van der Waals surface area contributed by atoms with E-state index in [0.717, 1.165) is 12.1 Å². The highest BCUT2D eigenvalue weighted by atomic mass is 32.1. The molecule has 0 radical (unpaired) electrons. The fraction of sp³-hybridized carbons (Fsp3) is 0.238. The number of nitrogens with one attached hydrogen (secondary N) is 2. The fourth-order valence-corrected chi connectivity index (χ4v) is 3.72. The predicted molar refractivity (Wildman–Crippen MR) is 112 cm³/mol. The Morgan fingerprint density at radius 3 is 2.62 bits per heavy atom. The molecule has 2 N–H and O–H groups in total. The SMILES string of the molecule is CCN1C(=S)N[C@@H](c2ccc(F)c(F)c2)C(C(=O)Nc2ccccc2OC)=C1C. The van der Waals surface area contributed by atoms with Crippen molar-refractivity contribution in [2.75, 3.05) is 19.0 Å². The third-order valence-electron chi connectivity index (χ3n) is 4.79. The molecule has 2 aromatic carbocycles. The number of benzene rings is 2. The van der Waals surface area contributed by atoms with E-state index in [1.807, 2.05) is 6.92 Å². The normalized spacial score (nSPS) is 16.5. The van der Waals surface area contributed by atoms with Crippen molar-refractivity contribution in [2.24, 2.45) is 0 Å². The second-order valence-corrected chi connectivity index (χ2v) is 6.84. The van der Waals surface area contributed by atoms with Gasteiger partial charge in [-0.1, -0.05) is 18.2 Å². The van der Waals surface area contributed by atoms with E-state index in [4.69, 9.17) is 17.0 Å². The minimum Gasteiger partial charge on any atom is -0.495 e. The number of halogens is 2. The number of methoxy groups -OCH3 is 1. The van der Waals surface area contributed by atoms with E-state index in [1.54, 1.807) is 36.1 Å². The van der Waals surface area contributed by atoms with Crippen molar-refractivity contribution in [3.63, 3.8) is 0 Å². The van der Waals surface area contributed by atoms with Crippen LogP contribution in [0.1, 0.15) is 25.5 Å². The van der Waals surface area contributed by atoms with E-state index >= 15 is 0 Å². The number of carbonyl (C=O) groups is 1. The quantitative estimate of drug-likeness (QED) is 0.717. The number of ether oxygens (including phenoxy) is 1. The van der Waals surface area contributed by atoms with Crippen LogP contribution in [0.3, 0.4) is 0 Å². The van der Waals surface area contributed by atoms with E-state index < -0.39 is 23.6 Å². The summed E-state index contributed by atoms with van der Waals surface area (Å²) in [5.41, 5.74) is 1.89. The molecule has 8 heteroatoms. The van der Waals surface area contributed by atoms with E-state index in [1.165, 1.54) is 13.2 Å². The molecule has 0 spiro atoms. The molecule has 3 rings (SSSR count). The summed E-state index contributed by atoms with van der Waals surface area (Å²) in [6.45, 7) is 4.24. The molecule has 0 unspecified atom stereocenters. The molecule has 0 saturated heterocycles. The third-order valence-corrected chi connectivity index (χ3v) is 5.13. The maximum absolute atomic E-state index is 13.9. The van der Waals surface area contributed by atoms with E-state index in [0.29, 0.717) is 39.9 Å². The maximum Gasteiger partial charge on any atom is 0.255 e. The average Bonchev–Trinajstić information content (AvgIpc) is 2.70. The number of allylic oxidation sites excluding steroid dienone is 1. The second kappa shape index (κ2) is 8.57. The largest absolute Gasteiger partial charge is 0.495 e. The number of hydrogen-bond acceptors (Lipinski definition) is 3. The van der Waals surface area contributed by atoms with Gasteiger partial charge in [-0.05, 0) is 55.9 Å². The highest BCUT2D eigenvalue weighted by Gasteiger charge is 2.34. The number of para-hydroxylation sites is 2. The van der Waals surface area contributed by atoms with Crippen LogP contribution >= 0.6 is 12.2 Å². The summed E-state index contributed by atoms with van der Waals surface area (Å²) >= 11 is 5.41. The van der Waals surface area contributed by atoms with Gasteiger partial charge in [-0.25, -0.2) is 8.78 Å². The van der Waals surface area contributed by atoms with Crippen LogP contribution in [-0.2, 0) is 4.79 Å². The lowest BCUT2D eigenvalue weighted by Crippen LogP contribution is -2.48. The molecule has 0 aliphatic carbocycles. The molecular weight excluding hydrogens is 396 g/mol. The zero-order valence-corrected chi connectivity index (χ0v) is 17.1. The number of amides is 1. The molecular formula is C21H21F2N3O2S. The molecule has 0 fully saturated rings. The van der Waals surface area contributed by atoms with Gasteiger partial charge in [0, 0.05) is 12.2 Å².